The van der Waals surface area contributed by atoms with E-state index < -0.39 is 0 Å². The van der Waals surface area contributed by atoms with Gasteiger partial charge in [-0.2, -0.15) is 0 Å². The molecule has 1 aliphatic rings. The zero-order chi connectivity index (χ0) is 12.3. The molecule has 0 fully saturated rings. The lowest BCUT2D eigenvalue weighted by Crippen LogP contribution is -2.33. The Morgan fingerprint density at radius 2 is 2.41 bits per heavy atom. The minimum absolute atomic E-state index is 0.152. The Labute approximate surface area is 100 Å². The van der Waals surface area contributed by atoms with E-state index in [-0.39, 0.29) is 5.91 Å². The summed E-state index contributed by atoms with van der Waals surface area (Å²) in [6, 6.07) is 0. The first-order valence-corrected chi connectivity index (χ1v) is 5.79. The monoisotopic (exact) mass is 238 g/mol. The van der Waals surface area contributed by atoms with Crippen molar-refractivity contribution in [3.8, 4) is 0 Å². The zero-order valence-electron chi connectivity index (χ0n) is 10.2. The van der Waals surface area contributed by atoms with Crippen molar-refractivity contribution in [1.29, 1.82) is 0 Å². The number of fused-ring (bicyclic) bond motifs is 1. The third-order valence-electron chi connectivity index (χ3n) is 2.76. The van der Waals surface area contributed by atoms with Crippen molar-refractivity contribution in [3.63, 3.8) is 0 Å². The minimum Gasteiger partial charge on any atom is -0.360 e. The lowest BCUT2D eigenvalue weighted by molar-refractivity contribution is 0.0941. The first-order chi connectivity index (χ1) is 8.18. The molecule has 0 aliphatic carbocycles. The first kappa shape index (κ1) is 12.1. The van der Waals surface area contributed by atoms with E-state index in [9.17, 15) is 4.79 Å². The molecule has 0 saturated carbocycles. The molecule has 6 heteroatoms. The minimum atomic E-state index is -0.152. The van der Waals surface area contributed by atoms with Crippen molar-refractivity contribution in [3.05, 3.63) is 17.0 Å². The van der Waals surface area contributed by atoms with Crippen LogP contribution in [0.2, 0.25) is 0 Å². The summed E-state index contributed by atoms with van der Waals surface area (Å²) in [4.78, 5) is 13.9. The van der Waals surface area contributed by atoms with E-state index in [0.717, 1.165) is 30.8 Å². The van der Waals surface area contributed by atoms with Gasteiger partial charge in [-0.25, -0.2) is 0 Å². The van der Waals surface area contributed by atoms with E-state index in [1.54, 1.807) is 0 Å². The summed E-state index contributed by atoms with van der Waals surface area (Å²) in [6.45, 7) is 2.96. The molecule has 1 amide bonds. The molecule has 0 aromatic carbocycles. The number of nitrogens with zero attached hydrogens (tertiary/aromatic N) is 2. The average molecular weight is 238 g/mol. The van der Waals surface area contributed by atoms with Gasteiger partial charge in [0.2, 0.25) is 0 Å². The van der Waals surface area contributed by atoms with Crippen LogP contribution in [0.15, 0.2) is 4.52 Å². The molecule has 0 radical (unpaired) electrons. The SMILES string of the molecule is CN(C)CCNC(=O)c1noc2c1CNCC2. The molecular weight excluding hydrogens is 220 g/mol. The quantitative estimate of drug-likeness (QED) is 0.747. The molecule has 6 nitrogen and oxygen atoms in total. The second kappa shape index (κ2) is 5.29. The number of nitrogens with one attached hydrogen (secondary N) is 2. The number of aromatic nitrogens is 1. The highest BCUT2D eigenvalue weighted by Gasteiger charge is 2.23. The van der Waals surface area contributed by atoms with Gasteiger partial charge < -0.3 is 20.1 Å². The van der Waals surface area contributed by atoms with Gasteiger partial charge in [0.25, 0.3) is 5.91 Å². The lowest BCUT2D eigenvalue weighted by atomic mass is 10.1. The van der Waals surface area contributed by atoms with Crippen molar-refractivity contribution in [2.75, 3.05) is 33.7 Å². The maximum absolute atomic E-state index is 11.9. The molecule has 2 rings (SSSR count). The number of carbonyl (C=O) groups is 1. The smallest absolute Gasteiger partial charge is 0.273 e. The molecular formula is C11H18N4O2. The van der Waals surface area contributed by atoms with Crippen LogP contribution < -0.4 is 10.6 Å². The molecule has 2 heterocycles. The molecule has 2 N–H and O–H groups in total. The Morgan fingerprint density at radius 1 is 1.59 bits per heavy atom. The van der Waals surface area contributed by atoms with Gasteiger partial charge in [-0.15, -0.1) is 0 Å². The Morgan fingerprint density at radius 3 is 3.18 bits per heavy atom. The molecule has 0 unspecified atom stereocenters. The van der Waals surface area contributed by atoms with Crippen LogP contribution in [0, 0.1) is 0 Å². The van der Waals surface area contributed by atoms with Gasteiger partial charge in [0.05, 0.1) is 0 Å². The van der Waals surface area contributed by atoms with E-state index >= 15 is 0 Å². The van der Waals surface area contributed by atoms with Crippen LogP contribution in [0.1, 0.15) is 21.8 Å². The van der Waals surface area contributed by atoms with Crippen LogP contribution >= 0.6 is 0 Å². The predicted octanol–water partition coefficient (Wildman–Crippen LogP) is -0.388. The first-order valence-electron chi connectivity index (χ1n) is 5.79. The van der Waals surface area contributed by atoms with Crippen molar-refractivity contribution in [2.24, 2.45) is 0 Å². The summed E-state index contributed by atoms with van der Waals surface area (Å²) < 4.78 is 5.17. The van der Waals surface area contributed by atoms with Crippen LogP contribution in [-0.4, -0.2) is 49.7 Å². The third-order valence-corrected chi connectivity index (χ3v) is 2.76. The van der Waals surface area contributed by atoms with Gasteiger partial charge in [-0.3, -0.25) is 4.79 Å². The summed E-state index contributed by atoms with van der Waals surface area (Å²) in [5.41, 5.74) is 1.32. The molecule has 0 bridgehead atoms. The Kier molecular flexibility index (Phi) is 3.75. The highest BCUT2D eigenvalue weighted by molar-refractivity contribution is 5.93. The van der Waals surface area contributed by atoms with Crippen molar-refractivity contribution in [2.45, 2.75) is 13.0 Å². The van der Waals surface area contributed by atoms with E-state index in [4.69, 9.17) is 4.52 Å². The van der Waals surface area contributed by atoms with Crippen LogP contribution in [-0.2, 0) is 13.0 Å². The second-order valence-electron chi connectivity index (χ2n) is 4.42. The number of hydrogen-bond acceptors (Lipinski definition) is 5. The van der Waals surface area contributed by atoms with E-state index in [1.807, 2.05) is 19.0 Å². The normalized spacial score (nSPS) is 14.8. The van der Waals surface area contributed by atoms with E-state index in [2.05, 4.69) is 15.8 Å². The van der Waals surface area contributed by atoms with E-state index in [1.165, 1.54) is 0 Å². The summed E-state index contributed by atoms with van der Waals surface area (Å²) in [5.74, 6) is 0.682. The number of likely N-dealkylation sites (N-methyl/N-ethyl adjacent to an activating group) is 1. The van der Waals surface area contributed by atoms with Gasteiger partial charge in [0, 0.05) is 38.2 Å². The van der Waals surface area contributed by atoms with Crippen LogP contribution in [0.3, 0.4) is 0 Å². The number of amides is 1. The Bertz CT molecular complexity index is 400. The van der Waals surface area contributed by atoms with Gasteiger partial charge in [0.15, 0.2) is 5.69 Å². The lowest BCUT2D eigenvalue weighted by Gasteiger charge is -2.12. The summed E-state index contributed by atoms with van der Waals surface area (Å²) in [5, 5.41) is 9.90. The molecule has 0 atom stereocenters. The largest absolute Gasteiger partial charge is 0.360 e. The average Bonchev–Trinajstić information content (AvgIpc) is 2.72. The molecule has 1 aromatic heterocycles. The predicted molar refractivity (Wildman–Crippen MR) is 62.8 cm³/mol. The zero-order valence-corrected chi connectivity index (χ0v) is 10.2. The van der Waals surface area contributed by atoms with Gasteiger partial charge >= 0.3 is 0 Å². The fourth-order valence-electron chi connectivity index (χ4n) is 1.79. The maximum atomic E-state index is 11.9. The van der Waals surface area contributed by atoms with Crippen LogP contribution in [0.25, 0.3) is 0 Å². The fourth-order valence-corrected chi connectivity index (χ4v) is 1.79. The second-order valence-corrected chi connectivity index (χ2v) is 4.42. The van der Waals surface area contributed by atoms with Crippen molar-refractivity contribution >= 4 is 5.91 Å². The number of hydrogen-bond donors (Lipinski definition) is 2. The molecule has 1 aromatic rings. The Balaban J connectivity index is 1.97. The van der Waals surface area contributed by atoms with Gasteiger partial charge in [-0.05, 0) is 14.1 Å². The molecule has 94 valence electrons. The van der Waals surface area contributed by atoms with Gasteiger partial charge in [-0.1, -0.05) is 5.16 Å². The standard InChI is InChI=1S/C11H18N4O2/c1-15(2)6-5-13-11(16)10-8-7-12-4-3-9(8)17-14-10/h12H,3-7H2,1-2H3,(H,13,16). The van der Waals surface area contributed by atoms with Crippen molar-refractivity contribution < 1.29 is 9.32 Å². The summed E-state index contributed by atoms with van der Waals surface area (Å²) in [7, 11) is 3.93. The van der Waals surface area contributed by atoms with Gasteiger partial charge in [0.1, 0.15) is 5.76 Å². The maximum Gasteiger partial charge on any atom is 0.273 e. The highest BCUT2D eigenvalue weighted by Crippen LogP contribution is 2.17. The van der Waals surface area contributed by atoms with Crippen molar-refractivity contribution in [1.82, 2.24) is 20.7 Å². The summed E-state index contributed by atoms with van der Waals surface area (Å²) >= 11 is 0. The van der Waals surface area contributed by atoms with E-state index in [0.29, 0.717) is 18.8 Å². The number of rotatable bonds is 4. The third kappa shape index (κ3) is 2.83. The topological polar surface area (TPSA) is 70.4 Å². The highest BCUT2D eigenvalue weighted by atomic mass is 16.5. The molecule has 17 heavy (non-hydrogen) atoms. The molecule has 0 saturated heterocycles. The van der Waals surface area contributed by atoms with Crippen LogP contribution in [0.5, 0.6) is 0 Å². The fraction of sp³-hybridized carbons (Fsp3) is 0.636. The Hall–Kier alpha value is -1.40. The molecule has 1 aliphatic heterocycles. The van der Waals surface area contributed by atoms with Crippen LogP contribution in [0.4, 0.5) is 0 Å². The summed E-state index contributed by atoms with van der Waals surface area (Å²) in [6.07, 6.45) is 0.799. The number of carbonyl (C=O) groups excluding carboxylic acids is 1. The molecule has 0 spiro atoms.